The van der Waals surface area contributed by atoms with Crippen molar-refractivity contribution in [1.29, 1.82) is 0 Å². The Balaban J connectivity index is 2.47. The van der Waals surface area contributed by atoms with Crippen molar-refractivity contribution in [2.45, 2.75) is 0 Å². The summed E-state index contributed by atoms with van der Waals surface area (Å²) in [5.74, 6) is -1.16. The van der Waals surface area contributed by atoms with Crippen molar-refractivity contribution in [3.8, 4) is 5.75 Å². The normalized spacial score (nSPS) is 10.5. The van der Waals surface area contributed by atoms with E-state index in [0.29, 0.717) is 11.3 Å². The molecule has 6 nitrogen and oxygen atoms in total. The van der Waals surface area contributed by atoms with Crippen molar-refractivity contribution < 1.29 is 24.2 Å². The lowest BCUT2D eigenvalue weighted by molar-refractivity contribution is 0.0555. The quantitative estimate of drug-likeness (QED) is 0.693. The van der Waals surface area contributed by atoms with E-state index in [9.17, 15) is 14.7 Å². The number of rotatable bonds is 4. The molecular formula is C17H15NO5. The van der Waals surface area contributed by atoms with Gasteiger partial charge in [0.1, 0.15) is 5.75 Å². The fraction of sp³-hybridized carbons (Fsp3) is 0.118. The zero-order chi connectivity index (χ0) is 16.8. The molecule has 0 saturated heterocycles. The first kappa shape index (κ1) is 16.2. The molecule has 118 valence electrons. The van der Waals surface area contributed by atoms with Gasteiger partial charge < -0.3 is 14.6 Å². The molecule has 2 aromatic rings. The Labute approximate surface area is 133 Å². The largest absolute Gasteiger partial charge is 0.508 e. The highest BCUT2D eigenvalue weighted by molar-refractivity contribution is 6.08. The van der Waals surface area contributed by atoms with Crippen LogP contribution in [0.5, 0.6) is 5.75 Å². The molecule has 0 saturated carbocycles. The predicted molar refractivity (Wildman–Crippen MR) is 84.5 cm³/mol. The molecular weight excluding hydrogens is 298 g/mol. The van der Waals surface area contributed by atoms with Crippen LogP contribution in [0.3, 0.4) is 0 Å². The first-order chi connectivity index (χ1) is 11.1. The summed E-state index contributed by atoms with van der Waals surface area (Å²) < 4.78 is 9.42. The van der Waals surface area contributed by atoms with Gasteiger partial charge in [-0.25, -0.2) is 9.59 Å². The summed E-state index contributed by atoms with van der Waals surface area (Å²) in [6.07, 6.45) is 1.45. The van der Waals surface area contributed by atoms with Crippen LogP contribution in [0.15, 0.2) is 47.5 Å². The topological polar surface area (TPSA) is 85.2 Å². The van der Waals surface area contributed by atoms with Gasteiger partial charge in [0.05, 0.1) is 31.0 Å². The zero-order valence-corrected chi connectivity index (χ0v) is 12.6. The van der Waals surface area contributed by atoms with E-state index < -0.39 is 11.9 Å². The molecule has 23 heavy (non-hydrogen) atoms. The molecule has 2 rings (SSSR count). The molecule has 0 amide bonds. The van der Waals surface area contributed by atoms with Crippen LogP contribution in [0.25, 0.3) is 0 Å². The number of phenolic OH excluding ortho intramolecular Hbond substituents is 1. The average Bonchev–Trinajstić information content (AvgIpc) is 2.59. The van der Waals surface area contributed by atoms with Gasteiger partial charge in [0.2, 0.25) is 0 Å². The molecule has 0 unspecified atom stereocenters. The van der Waals surface area contributed by atoms with E-state index in [0.717, 1.165) is 0 Å². The van der Waals surface area contributed by atoms with E-state index in [1.54, 1.807) is 24.3 Å². The number of benzene rings is 2. The number of methoxy groups -OCH3 is 2. The van der Waals surface area contributed by atoms with Crippen molar-refractivity contribution >= 4 is 23.8 Å². The smallest absolute Gasteiger partial charge is 0.339 e. The second-order valence-corrected chi connectivity index (χ2v) is 4.53. The van der Waals surface area contributed by atoms with Gasteiger partial charge in [-0.2, -0.15) is 0 Å². The van der Waals surface area contributed by atoms with Crippen LogP contribution in [0.1, 0.15) is 26.3 Å². The molecule has 0 aliphatic carbocycles. The Hall–Kier alpha value is -3.15. The Bertz CT molecular complexity index is 750. The van der Waals surface area contributed by atoms with Gasteiger partial charge in [-0.3, -0.25) is 4.99 Å². The predicted octanol–water partition coefficient (Wildman–Crippen LogP) is 2.72. The monoisotopic (exact) mass is 313 g/mol. The SMILES string of the molecule is COC(=O)c1cccc(C=Nc2ccc(O)cc2)c1C(=O)OC. The fourth-order valence-corrected chi connectivity index (χ4v) is 1.97. The highest BCUT2D eigenvalue weighted by Gasteiger charge is 2.21. The fourth-order valence-electron chi connectivity index (χ4n) is 1.97. The minimum absolute atomic E-state index is 0.0874. The van der Waals surface area contributed by atoms with Gasteiger partial charge in [-0.15, -0.1) is 0 Å². The van der Waals surface area contributed by atoms with E-state index in [2.05, 4.69) is 9.73 Å². The highest BCUT2D eigenvalue weighted by atomic mass is 16.5. The minimum atomic E-state index is -0.654. The van der Waals surface area contributed by atoms with Gasteiger partial charge in [0.15, 0.2) is 0 Å². The lowest BCUT2D eigenvalue weighted by Gasteiger charge is -2.09. The van der Waals surface area contributed by atoms with Gasteiger partial charge in [-0.05, 0) is 30.3 Å². The maximum absolute atomic E-state index is 12.0. The number of esters is 2. The second-order valence-electron chi connectivity index (χ2n) is 4.53. The third-order valence-corrected chi connectivity index (χ3v) is 3.09. The first-order valence-electron chi connectivity index (χ1n) is 6.69. The molecule has 0 fully saturated rings. The Morgan fingerprint density at radius 3 is 2.26 bits per heavy atom. The van der Waals surface area contributed by atoms with Crippen LogP contribution in [0.4, 0.5) is 5.69 Å². The summed E-state index contributed by atoms with van der Waals surface area (Å²) in [6.45, 7) is 0. The molecule has 0 aliphatic rings. The summed E-state index contributed by atoms with van der Waals surface area (Å²) in [5.41, 5.74) is 1.20. The minimum Gasteiger partial charge on any atom is -0.508 e. The van der Waals surface area contributed by atoms with Crippen LogP contribution < -0.4 is 0 Å². The van der Waals surface area contributed by atoms with Crippen molar-refractivity contribution in [3.05, 3.63) is 59.2 Å². The standard InChI is InChI=1S/C17H15NO5/c1-22-16(20)14-5-3-4-11(15(14)17(21)23-2)10-18-12-6-8-13(19)9-7-12/h3-10,19H,1-2H3. The number of aromatic hydroxyl groups is 1. The molecule has 0 heterocycles. The first-order valence-corrected chi connectivity index (χ1v) is 6.69. The van der Waals surface area contributed by atoms with Crippen molar-refractivity contribution in [3.63, 3.8) is 0 Å². The third-order valence-electron chi connectivity index (χ3n) is 3.09. The van der Waals surface area contributed by atoms with Crippen LogP contribution in [-0.4, -0.2) is 37.5 Å². The summed E-state index contributed by atoms with van der Waals surface area (Å²) in [4.78, 5) is 28.0. The maximum atomic E-state index is 12.0. The number of phenols is 1. The van der Waals surface area contributed by atoms with Gasteiger partial charge >= 0.3 is 11.9 Å². The summed E-state index contributed by atoms with van der Waals surface area (Å²) >= 11 is 0. The van der Waals surface area contributed by atoms with Crippen LogP contribution in [0, 0.1) is 0 Å². The third kappa shape index (κ3) is 3.74. The molecule has 0 atom stereocenters. The van der Waals surface area contributed by atoms with Crippen LogP contribution >= 0.6 is 0 Å². The Morgan fingerprint density at radius 2 is 1.65 bits per heavy atom. The van der Waals surface area contributed by atoms with E-state index in [1.807, 2.05) is 0 Å². The number of aliphatic imine (C=N–C) groups is 1. The number of nitrogens with zero attached hydrogens (tertiary/aromatic N) is 1. The van der Waals surface area contributed by atoms with Crippen LogP contribution in [-0.2, 0) is 9.47 Å². The number of carbonyl (C=O) groups excluding carboxylic acids is 2. The van der Waals surface area contributed by atoms with Crippen molar-refractivity contribution in [2.75, 3.05) is 14.2 Å². The molecule has 2 aromatic carbocycles. The molecule has 0 radical (unpaired) electrons. The summed E-state index contributed by atoms with van der Waals surface area (Å²) in [7, 11) is 2.47. The van der Waals surface area contributed by atoms with Crippen molar-refractivity contribution in [2.24, 2.45) is 4.99 Å². The lowest BCUT2D eigenvalue weighted by Crippen LogP contribution is -2.14. The average molecular weight is 313 g/mol. The van der Waals surface area contributed by atoms with Gasteiger partial charge in [-0.1, -0.05) is 12.1 Å². The second kappa shape index (κ2) is 7.22. The zero-order valence-electron chi connectivity index (χ0n) is 12.6. The number of hydrogen-bond donors (Lipinski definition) is 1. The maximum Gasteiger partial charge on any atom is 0.339 e. The Morgan fingerprint density at radius 1 is 1.00 bits per heavy atom. The molecule has 0 aliphatic heterocycles. The number of hydrogen-bond acceptors (Lipinski definition) is 6. The van der Waals surface area contributed by atoms with E-state index >= 15 is 0 Å². The molecule has 0 aromatic heterocycles. The van der Waals surface area contributed by atoms with Crippen LogP contribution in [0.2, 0.25) is 0 Å². The summed E-state index contributed by atoms with van der Waals surface area (Å²) in [5, 5.41) is 9.25. The molecule has 0 spiro atoms. The van der Waals surface area contributed by atoms with E-state index in [-0.39, 0.29) is 16.9 Å². The molecule has 0 bridgehead atoms. The van der Waals surface area contributed by atoms with E-state index in [1.165, 1.54) is 38.6 Å². The lowest BCUT2D eigenvalue weighted by atomic mass is 10.0. The molecule has 1 N–H and O–H groups in total. The van der Waals surface area contributed by atoms with Crippen molar-refractivity contribution in [1.82, 2.24) is 0 Å². The highest BCUT2D eigenvalue weighted by Crippen LogP contribution is 2.19. The van der Waals surface area contributed by atoms with Gasteiger partial charge in [0, 0.05) is 11.8 Å². The summed E-state index contributed by atoms with van der Waals surface area (Å²) in [6, 6.07) is 11.0. The number of ether oxygens (including phenoxy) is 2. The molecule has 6 heteroatoms. The van der Waals surface area contributed by atoms with Gasteiger partial charge in [0.25, 0.3) is 0 Å². The number of carbonyl (C=O) groups is 2. The Kier molecular flexibility index (Phi) is 5.09. The van der Waals surface area contributed by atoms with E-state index in [4.69, 9.17) is 4.74 Å².